The first-order valence-electron chi connectivity index (χ1n) is 7.55. The molecule has 1 saturated carbocycles. The molecule has 1 fully saturated rings. The number of benzene rings is 1. The summed E-state index contributed by atoms with van der Waals surface area (Å²) in [6.45, 7) is 7.93. The molecular weight excluding hydrogens is 234 g/mol. The molecule has 2 atom stereocenters. The minimum atomic E-state index is 0.0602. The maximum atomic E-state index is 6.45. The average Bonchev–Trinajstić information content (AvgIpc) is 2.65. The average molecular weight is 259 g/mol. The van der Waals surface area contributed by atoms with Crippen molar-refractivity contribution in [1.82, 2.24) is 5.32 Å². The smallest absolute Gasteiger partial charge is 0.124 e. The largest absolute Gasteiger partial charge is 0.487 e. The van der Waals surface area contributed by atoms with Crippen molar-refractivity contribution in [3.05, 3.63) is 29.8 Å². The fourth-order valence-electron chi connectivity index (χ4n) is 3.92. The molecule has 1 heterocycles. The van der Waals surface area contributed by atoms with Gasteiger partial charge in [0.1, 0.15) is 11.4 Å². The van der Waals surface area contributed by atoms with Crippen molar-refractivity contribution in [3.63, 3.8) is 0 Å². The van der Waals surface area contributed by atoms with Crippen LogP contribution in [0.4, 0.5) is 0 Å². The zero-order valence-corrected chi connectivity index (χ0v) is 12.3. The lowest BCUT2D eigenvalue weighted by Crippen LogP contribution is -2.42. The molecule has 1 aromatic carbocycles. The van der Waals surface area contributed by atoms with Gasteiger partial charge in [-0.15, -0.1) is 0 Å². The van der Waals surface area contributed by atoms with Crippen molar-refractivity contribution < 1.29 is 4.74 Å². The monoisotopic (exact) mass is 259 g/mol. The summed E-state index contributed by atoms with van der Waals surface area (Å²) in [6, 6.07) is 8.98. The maximum absolute atomic E-state index is 6.45. The Bertz CT molecular complexity index is 468. The topological polar surface area (TPSA) is 21.3 Å². The third-order valence-corrected chi connectivity index (χ3v) is 4.71. The van der Waals surface area contributed by atoms with Crippen LogP contribution in [0.2, 0.25) is 0 Å². The summed E-state index contributed by atoms with van der Waals surface area (Å²) in [6.07, 6.45) is 4.75. The van der Waals surface area contributed by atoms with E-state index in [4.69, 9.17) is 4.74 Å². The summed E-state index contributed by atoms with van der Waals surface area (Å²) >= 11 is 0. The van der Waals surface area contributed by atoms with E-state index in [9.17, 15) is 0 Å². The first-order valence-corrected chi connectivity index (χ1v) is 7.55. The Morgan fingerprint density at radius 1 is 1.26 bits per heavy atom. The summed E-state index contributed by atoms with van der Waals surface area (Å²) in [4.78, 5) is 0. The van der Waals surface area contributed by atoms with E-state index in [2.05, 4.69) is 50.4 Å². The molecular formula is C17H25NO. The lowest BCUT2D eigenvalue weighted by molar-refractivity contribution is 0.0279. The molecule has 1 aromatic rings. The van der Waals surface area contributed by atoms with Crippen LogP contribution in [-0.2, 0) is 0 Å². The first-order chi connectivity index (χ1) is 9.04. The van der Waals surface area contributed by atoms with Crippen LogP contribution in [-0.4, -0.2) is 12.1 Å². The molecule has 0 bridgehead atoms. The lowest BCUT2D eigenvalue weighted by atomic mass is 9.82. The van der Waals surface area contributed by atoms with Crippen LogP contribution in [0.5, 0.6) is 5.75 Å². The minimum absolute atomic E-state index is 0.0602. The van der Waals surface area contributed by atoms with Gasteiger partial charge in [-0.2, -0.15) is 0 Å². The molecule has 1 spiro atoms. The van der Waals surface area contributed by atoms with E-state index in [1.165, 1.54) is 24.8 Å². The molecule has 0 amide bonds. The molecule has 1 aliphatic heterocycles. The van der Waals surface area contributed by atoms with Gasteiger partial charge in [0.15, 0.2) is 0 Å². The zero-order chi connectivity index (χ0) is 13.5. The van der Waals surface area contributed by atoms with Crippen LogP contribution >= 0.6 is 0 Å². The fourth-order valence-corrected chi connectivity index (χ4v) is 3.92. The zero-order valence-electron chi connectivity index (χ0n) is 12.3. The molecule has 1 N–H and O–H groups in total. The maximum Gasteiger partial charge on any atom is 0.124 e. The van der Waals surface area contributed by atoms with Gasteiger partial charge in [-0.05, 0) is 37.3 Å². The third kappa shape index (κ3) is 2.38. The van der Waals surface area contributed by atoms with Crippen LogP contribution in [0.3, 0.4) is 0 Å². The number of rotatable bonds is 2. The number of hydrogen-bond donors (Lipinski definition) is 1. The summed E-state index contributed by atoms with van der Waals surface area (Å²) in [5, 5.41) is 3.64. The number of fused-ring (bicyclic) bond motifs is 1. The molecule has 2 heteroatoms. The summed E-state index contributed by atoms with van der Waals surface area (Å²) in [7, 11) is 0. The Hall–Kier alpha value is -1.02. The normalized spacial score (nSPS) is 32.1. The standard InChI is InChI=1S/C17H25NO/c1-4-18-14-11-17(10-9-16(2,3)12-17)19-15-8-6-5-7-13(14)15/h5-8,14,18H,4,9-12H2,1-3H3. The minimum Gasteiger partial charge on any atom is -0.487 e. The molecule has 0 saturated heterocycles. The predicted molar refractivity (Wildman–Crippen MR) is 78.5 cm³/mol. The Kier molecular flexibility index (Phi) is 3.09. The van der Waals surface area contributed by atoms with Gasteiger partial charge >= 0.3 is 0 Å². The Morgan fingerprint density at radius 2 is 2.05 bits per heavy atom. The highest BCUT2D eigenvalue weighted by molar-refractivity contribution is 5.39. The van der Waals surface area contributed by atoms with Gasteiger partial charge in [-0.3, -0.25) is 0 Å². The second-order valence-corrected chi connectivity index (χ2v) is 6.98. The molecule has 0 aromatic heterocycles. The highest BCUT2D eigenvalue weighted by Gasteiger charge is 2.48. The summed E-state index contributed by atoms with van der Waals surface area (Å²) < 4.78 is 6.45. The van der Waals surface area contributed by atoms with Crippen LogP contribution in [0, 0.1) is 5.41 Å². The second-order valence-electron chi connectivity index (χ2n) is 6.98. The van der Waals surface area contributed by atoms with Gasteiger partial charge in [0.25, 0.3) is 0 Å². The summed E-state index contributed by atoms with van der Waals surface area (Å²) in [5.74, 6) is 1.09. The van der Waals surface area contributed by atoms with Crippen LogP contribution in [0.25, 0.3) is 0 Å². The van der Waals surface area contributed by atoms with Crippen LogP contribution < -0.4 is 10.1 Å². The molecule has 2 nitrogen and oxygen atoms in total. The van der Waals surface area contributed by atoms with Crippen molar-refractivity contribution in [3.8, 4) is 5.75 Å². The van der Waals surface area contributed by atoms with Crippen molar-refractivity contribution in [1.29, 1.82) is 0 Å². The first kappa shape index (κ1) is 13.0. The van der Waals surface area contributed by atoms with E-state index in [0.717, 1.165) is 18.7 Å². The van der Waals surface area contributed by atoms with Crippen molar-refractivity contribution >= 4 is 0 Å². The molecule has 104 valence electrons. The van der Waals surface area contributed by atoms with Gasteiger partial charge in [0.05, 0.1) is 0 Å². The summed E-state index contributed by atoms with van der Waals surface area (Å²) in [5.41, 5.74) is 1.81. The Labute approximate surface area is 116 Å². The van der Waals surface area contributed by atoms with E-state index in [0.29, 0.717) is 11.5 Å². The van der Waals surface area contributed by atoms with Crippen molar-refractivity contribution in [2.75, 3.05) is 6.54 Å². The second kappa shape index (κ2) is 4.52. The molecule has 19 heavy (non-hydrogen) atoms. The Balaban J connectivity index is 1.93. The number of para-hydroxylation sites is 1. The number of ether oxygens (including phenoxy) is 1. The number of nitrogens with one attached hydrogen (secondary N) is 1. The quantitative estimate of drug-likeness (QED) is 0.864. The predicted octanol–water partition coefficient (Wildman–Crippen LogP) is 4.07. The molecule has 2 aliphatic rings. The fraction of sp³-hybridized carbons (Fsp3) is 0.647. The molecule has 0 radical (unpaired) electrons. The van der Waals surface area contributed by atoms with Gasteiger partial charge in [-0.1, -0.05) is 39.0 Å². The van der Waals surface area contributed by atoms with E-state index in [-0.39, 0.29) is 5.60 Å². The van der Waals surface area contributed by atoms with E-state index in [1.807, 2.05) is 0 Å². The van der Waals surface area contributed by atoms with Crippen LogP contribution in [0.1, 0.15) is 58.1 Å². The van der Waals surface area contributed by atoms with Crippen LogP contribution in [0.15, 0.2) is 24.3 Å². The third-order valence-electron chi connectivity index (χ3n) is 4.71. The molecule has 2 unspecified atom stereocenters. The van der Waals surface area contributed by atoms with Gasteiger partial charge < -0.3 is 10.1 Å². The highest BCUT2D eigenvalue weighted by atomic mass is 16.5. The molecule has 1 aliphatic carbocycles. The van der Waals surface area contributed by atoms with E-state index < -0.39 is 0 Å². The Morgan fingerprint density at radius 3 is 2.74 bits per heavy atom. The SMILES string of the molecule is CCNC1CC2(CCC(C)(C)C2)Oc2ccccc21. The van der Waals surface area contributed by atoms with Gasteiger partial charge in [0.2, 0.25) is 0 Å². The van der Waals surface area contributed by atoms with E-state index >= 15 is 0 Å². The highest BCUT2D eigenvalue weighted by Crippen LogP contribution is 2.52. The van der Waals surface area contributed by atoms with E-state index in [1.54, 1.807) is 0 Å². The van der Waals surface area contributed by atoms with Gasteiger partial charge in [0, 0.05) is 18.0 Å². The van der Waals surface area contributed by atoms with Gasteiger partial charge in [-0.25, -0.2) is 0 Å². The van der Waals surface area contributed by atoms with Crippen molar-refractivity contribution in [2.24, 2.45) is 5.41 Å². The number of hydrogen-bond acceptors (Lipinski definition) is 2. The van der Waals surface area contributed by atoms with Crippen molar-refractivity contribution in [2.45, 2.75) is 58.1 Å². The molecule has 3 rings (SSSR count). The lowest BCUT2D eigenvalue weighted by Gasteiger charge is -2.41.